The molecule has 0 spiro atoms. The number of amides is 2. The number of ether oxygens (including phenoxy) is 1. The largest absolute Gasteiger partial charge is 0.394 e. The summed E-state index contributed by atoms with van der Waals surface area (Å²) in [5.41, 5.74) is -0.497. The zero-order valence-electron chi connectivity index (χ0n) is 12.5. The van der Waals surface area contributed by atoms with Gasteiger partial charge >= 0.3 is 6.03 Å². The minimum absolute atomic E-state index is 0.0245. The second kappa shape index (κ2) is 7.10. The monoisotopic (exact) mass is 272 g/mol. The summed E-state index contributed by atoms with van der Waals surface area (Å²) in [7, 11) is 0. The number of hydrogen-bond donors (Lipinski definition) is 3. The van der Waals surface area contributed by atoms with Gasteiger partial charge in [0.15, 0.2) is 0 Å². The van der Waals surface area contributed by atoms with Crippen molar-refractivity contribution >= 4 is 6.03 Å². The molecule has 19 heavy (non-hydrogen) atoms. The quantitative estimate of drug-likeness (QED) is 0.627. The van der Waals surface area contributed by atoms with Gasteiger partial charge in [-0.25, -0.2) is 4.79 Å². The maximum atomic E-state index is 11.9. The molecule has 0 aromatic rings. The van der Waals surface area contributed by atoms with Crippen molar-refractivity contribution in [2.45, 2.75) is 52.1 Å². The lowest BCUT2D eigenvalue weighted by atomic mass is 9.97. The minimum Gasteiger partial charge on any atom is -0.394 e. The molecule has 1 saturated carbocycles. The second-order valence-electron chi connectivity index (χ2n) is 6.28. The summed E-state index contributed by atoms with van der Waals surface area (Å²) >= 11 is 0. The molecule has 1 rings (SSSR count). The number of urea groups is 1. The summed E-state index contributed by atoms with van der Waals surface area (Å²) < 4.78 is 5.48. The lowest BCUT2D eigenvalue weighted by molar-refractivity contribution is 0.0940. The van der Waals surface area contributed by atoms with Crippen molar-refractivity contribution in [2.24, 2.45) is 11.8 Å². The van der Waals surface area contributed by atoms with Crippen molar-refractivity contribution in [1.29, 1.82) is 0 Å². The number of carbonyl (C=O) groups is 1. The first-order valence-corrected chi connectivity index (χ1v) is 7.14. The van der Waals surface area contributed by atoms with Crippen molar-refractivity contribution in [3.05, 3.63) is 0 Å². The van der Waals surface area contributed by atoms with E-state index in [1.165, 1.54) is 0 Å². The molecule has 0 aliphatic heterocycles. The summed E-state index contributed by atoms with van der Waals surface area (Å²) in [6, 6.07) is -0.273. The summed E-state index contributed by atoms with van der Waals surface area (Å²) in [5.74, 6) is 0.893. The van der Waals surface area contributed by atoms with Crippen molar-refractivity contribution in [3.63, 3.8) is 0 Å². The first-order chi connectivity index (χ1) is 8.87. The highest BCUT2D eigenvalue weighted by Gasteiger charge is 2.42. The van der Waals surface area contributed by atoms with Crippen molar-refractivity contribution in [1.82, 2.24) is 10.6 Å². The Labute approximate surface area is 116 Å². The molecule has 2 amide bonds. The molecular weight excluding hydrogens is 244 g/mol. The van der Waals surface area contributed by atoms with Gasteiger partial charge in [0.1, 0.15) is 0 Å². The fourth-order valence-corrected chi connectivity index (χ4v) is 2.03. The first kappa shape index (κ1) is 16.2. The normalized spacial score (nSPS) is 19.9. The molecule has 0 radical (unpaired) electrons. The summed E-state index contributed by atoms with van der Waals surface area (Å²) in [6.45, 7) is 9.16. The van der Waals surface area contributed by atoms with Crippen molar-refractivity contribution in [3.8, 4) is 0 Å². The zero-order chi connectivity index (χ0) is 14.5. The van der Waals surface area contributed by atoms with Gasteiger partial charge in [-0.15, -0.1) is 0 Å². The SMILES string of the molecule is CC(C)COCC(C)NC(=O)NC(C)(CO)C1CC1. The van der Waals surface area contributed by atoms with Crippen LogP contribution in [0.1, 0.15) is 40.5 Å². The van der Waals surface area contributed by atoms with E-state index in [0.717, 1.165) is 12.8 Å². The van der Waals surface area contributed by atoms with E-state index in [4.69, 9.17) is 4.74 Å². The molecule has 5 nitrogen and oxygen atoms in total. The number of carbonyl (C=O) groups excluding carboxylic acids is 1. The molecule has 0 aromatic carbocycles. The van der Waals surface area contributed by atoms with Gasteiger partial charge < -0.3 is 20.5 Å². The van der Waals surface area contributed by atoms with Crippen LogP contribution in [0.4, 0.5) is 4.79 Å². The number of nitrogens with one attached hydrogen (secondary N) is 2. The first-order valence-electron chi connectivity index (χ1n) is 7.14. The van der Waals surface area contributed by atoms with Crippen LogP contribution in [0.2, 0.25) is 0 Å². The fourth-order valence-electron chi connectivity index (χ4n) is 2.03. The Hall–Kier alpha value is -0.810. The Morgan fingerprint density at radius 2 is 2.00 bits per heavy atom. The molecule has 0 aromatic heterocycles. The Balaban J connectivity index is 2.25. The summed E-state index contributed by atoms with van der Waals surface area (Å²) in [5, 5.41) is 15.1. The van der Waals surface area contributed by atoms with E-state index in [2.05, 4.69) is 24.5 Å². The molecule has 1 aliphatic rings. The van der Waals surface area contributed by atoms with E-state index in [0.29, 0.717) is 25.0 Å². The van der Waals surface area contributed by atoms with Gasteiger partial charge in [-0.1, -0.05) is 13.8 Å². The average Bonchev–Trinajstić information content (AvgIpc) is 3.11. The summed E-state index contributed by atoms with van der Waals surface area (Å²) in [4.78, 5) is 11.9. The molecule has 5 heteroatoms. The molecule has 0 bridgehead atoms. The molecule has 2 unspecified atom stereocenters. The van der Waals surface area contributed by atoms with Crippen LogP contribution >= 0.6 is 0 Å². The van der Waals surface area contributed by atoms with E-state index < -0.39 is 5.54 Å². The van der Waals surface area contributed by atoms with Gasteiger partial charge in [-0.3, -0.25) is 0 Å². The molecule has 1 aliphatic carbocycles. The Bertz CT molecular complexity index is 292. The lowest BCUT2D eigenvalue weighted by Gasteiger charge is -2.29. The van der Waals surface area contributed by atoms with Gasteiger partial charge in [0.25, 0.3) is 0 Å². The number of aliphatic hydroxyl groups is 1. The van der Waals surface area contributed by atoms with E-state index in [-0.39, 0.29) is 18.7 Å². The van der Waals surface area contributed by atoms with Crippen molar-refractivity contribution < 1.29 is 14.6 Å². The molecule has 1 fully saturated rings. The van der Waals surface area contributed by atoms with E-state index in [1.807, 2.05) is 13.8 Å². The maximum Gasteiger partial charge on any atom is 0.315 e. The minimum atomic E-state index is -0.497. The average molecular weight is 272 g/mol. The molecule has 0 saturated heterocycles. The smallest absolute Gasteiger partial charge is 0.315 e. The third-order valence-corrected chi connectivity index (χ3v) is 3.40. The predicted octanol–water partition coefficient (Wildman–Crippen LogP) is 1.51. The molecule has 0 heterocycles. The highest BCUT2D eigenvalue weighted by Crippen LogP contribution is 2.39. The highest BCUT2D eigenvalue weighted by atomic mass is 16.5. The number of aliphatic hydroxyl groups excluding tert-OH is 1. The molecule has 2 atom stereocenters. The van der Waals surface area contributed by atoms with E-state index in [1.54, 1.807) is 0 Å². The Morgan fingerprint density at radius 1 is 1.37 bits per heavy atom. The fraction of sp³-hybridized carbons (Fsp3) is 0.929. The van der Waals surface area contributed by atoms with E-state index in [9.17, 15) is 9.90 Å². The molecular formula is C14H28N2O3. The topological polar surface area (TPSA) is 70.6 Å². The van der Waals surface area contributed by atoms with Gasteiger partial charge in [0.05, 0.1) is 24.8 Å². The third kappa shape index (κ3) is 5.78. The van der Waals surface area contributed by atoms with Crippen LogP contribution in [0.25, 0.3) is 0 Å². The molecule has 3 N–H and O–H groups in total. The summed E-state index contributed by atoms with van der Waals surface area (Å²) in [6.07, 6.45) is 2.15. The van der Waals surface area contributed by atoms with Gasteiger partial charge in [0, 0.05) is 6.61 Å². The Kier molecular flexibility index (Phi) is 6.07. The lowest BCUT2D eigenvalue weighted by Crippen LogP contribution is -2.55. The van der Waals surface area contributed by atoms with Gasteiger partial charge in [-0.05, 0) is 38.5 Å². The highest BCUT2D eigenvalue weighted by molar-refractivity contribution is 5.75. The standard InChI is InChI=1S/C14H28N2O3/c1-10(2)7-19-8-11(3)15-13(18)16-14(4,9-17)12-5-6-12/h10-12,17H,5-9H2,1-4H3,(H2,15,16,18). The Morgan fingerprint density at radius 3 is 2.47 bits per heavy atom. The van der Waals surface area contributed by atoms with Crippen molar-refractivity contribution in [2.75, 3.05) is 19.8 Å². The van der Waals surface area contributed by atoms with Crippen LogP contribution in [0.5, 0.6) is 0 Å². The van der Waals surface area contributed by atoms with Gasteiger partial charge in [0.2, 0.25) is 0 Å². The predicted molar refractivity (Wildman–Crippen MR) is 75.0 cm³/mol. The van der Waals surface area contributed by atoms with Crippen LogP contribution in [-0.2, 0) is 4.74 Å². The maximum absolute atomic E-state index is 11.9. The van der Waals surface area contributed by atoms with Crippen LogP contribution in [0, 0.1) is 11.8 Å². The van der Waals surface area contributed by atoms with Crippen LogP contribution in [0.3, 0.4) is 0 Å². The van der Waals surface area contributed by atoms with E-state index >= 15 is 0 Å². The van der Waals surface area contributed by atoms with Gasteiger partial charge in [-0.2, -0.15) is 0 Å². The van der Waals surface area contributed by atoms with Crippen LogP contribution < -0.4 is 10.6 Å². The third-order valence-electron chi connectivity index (χ3n) is 3.40. The number of hydrogen-bond acceptors (Lipinski definition) is 3. The van der Waals surface area contributed by atoms with Crippen LogP contribution in [-0.4, -0.2) is 42.5 Å². The number of rotatable bonds is 8. The zero-order valence-corrected chi connectivity index (χ0v) is 12.5. The molecule has 112 valence electrons. The van der Waals surface area contributed by atoms with Crippen LogP contribution in [0.15, 0.2) is 0 Å². The second-order valence-corrected chi connectivity index (χ2v) is 6.28.